The molecule has 0 aromatic heterocycles. The maximum atomic E-state index is 9.73. The second-order valence-electron chi connectivity index (χ2n) is 5.16. The van der Waals surface area contributed by atoms with Crippen molar-refractivity contribution in [2.24, 2.45) is 0 Å². The lowest BCUT2D eigenvalue weighted by Gasteiger charge is -2.34. The van der Waals surface area contributed by atoms with E-state index in [4.69, 9.17) is 4.74 Å². The van der Waals surface area contributed by atoms with Gasteiger partial charge in [0, 0.05) is 5.69 Å². The molecule has 1 heterocycles. The molecule has 2 aromatic carbocycles. The summed E-state index contributed by atoms with van der Waals surface area (Å²) in [6.45, 7) is 2.96. The van der Waals surface area contributed by atoms with Crippen molar-refractivity contribution in [1.82, 2.24) is 0 Å². The highest BCUT2D eigenvalue weighted by Crippen LogP contribution is 2.33. The molecule has 1 unspecified atom stereocenters. The monoisotopic (exact) mass is 264 g/mol. The van der Waals surface area contributed by atoms with Crippen LogP contribution in [-0.4, -0.2) is 6.61 Å². The highest BCUT2D eigenvalue weighted by Gasteiger charge is 2.37. The number of anilines is 1. The Bertz CT molecular complexity index is 675. The second-order valence-corrected chi connectivity index (χ2v) is 5.16. The minimum atomic E-state index is -0.817. The first kappa shape index (κ1) is 12.7. The van der Waals surface area contributed by atoms with Crippen LogP contribution in [0.2, 0.25) is 0 Å². The molecule has 0 aliphatic carbocycles. The second kappa shape index (κ2) is 4.99. The summed E-state index contributed by atoms with van der Waals surface area (Å²) >= 11 is 0. The molecule has 0 spiro atoms. The standard InChI is InChI=1S/C17H16N2O/c1-13-5-4-7-15(9-13)19-17(11-18)12-20-10-14-6-2-3-8-16(14)17/h2-9,19H,10,12H2,1H3. The van der Waals surface area contributed by atoms with Crippen LogP contribution in [0.1, 0.15) is 16.7 Å². The Labute approximate surface area is 118 Å². The van der Waals surface area contributed by atoms with Crippen molar-refractivity contribution in [1.29, 1.82) is 5.26 Å². The average molecular weight is 264 g/mol. The third-order valence-corrected chi connectivity index (χ3v) is 3.62. The number of benzene rings is 2. The van der Waals surface area contributed by atoms with Crippen LogP contribution in [0, 0.1) is 18.3 Å². The normalized spacial score (nSPS) is 20.8. The van der Waals surface area contributed by atoms with Crippen LogP contribution in [0.3, 0.4) is 0 Å². The van der Waals surface area contributed by atoms with Gasteiger partial charge >= 0.3 is 0 Å². The van der Waals surface area contributed by atoms with Gasteiger partial charge < -0.3 is 10.1 Å². The van der Waals surface area contributed by atoms with Gasteiger partial charge in [0.1, 0.15) is 0 Å². The van der Waals surface area contributed by atoms with Crippen molar-refractivity contribution < 1.29 is 4.74 Å². The van der Waals surface area contributed by atoms with E-state index in [2.05, 4.69) is 11.4 Å². The highest BCUT2D eigenvalue weighted by atomic mass is 16.5. The molecule has 0 saturated carbocycles. The van der Waals surface area contributed by atoms with Crippen LogP contribution in [0.25, 0.3) is 0 Å². The Kier molecular flexibility index (Phi) is 3.17. The number of nitrogens with one attached hydrogen (secondary N) is 1. The smallest absolute Gasteiger partial charge is 0.174 e. The van der Waals surface area contributed by atoms with Gasteiger partial charge in [0.15, 0.2) is 5.54 Å². The third-order valence-electron chi connectivity index (χ3n) is 3.62. The van der Waals surface area contributed by atoms with Gasteiger partial charge in [0.2, 0.25) is 0 Å². The molecule has 1 aliphatic rings. The molecule has 0 radical (unpaired) electrons. The van der Waals surface area contributed by atoms with Crippen LogP contribution in [0.15, 0.2) is 48.5 Å². The number of nitriles is 1. The van der Waals surface area contributed by atoms with E-state index in [1.54, 1.807) is 0 Å². The van der Waals surface area contributed by atoms with E-state index in [1.165, 1.54) is 0 Å². The third kappa shape index (κ3) is 2.15. The average Bonchev–Trinajstić information content (AvgIpc) is 2.47. The van der Waals surface area contributed by atoms with Crippen molar-refractivity contribution in [3.63, 3.8) is 0 Å². The Morgan fingerprint density at radius 3 is 2.85 bits per heavy atom. The molecule has 2 aromatic rings. The number of hydrogen-bond donors (Lipinski definition) is 1. The van der Waals surface area contributed by atoms with E-state index in [1.807, 2.05) is 55.5 Å². The summed E-state index contributed by atoms with van der Waals surface area (Å²) in [5, 5.41) is 13.1. The van der Waals surface area contributed by atoms with Crippen molar-refractivity contribution in [2.75, 3.05) is 11.9 Å². The van der Waals surface area contributed by atoms with Gasteiger partial charge in [-0.15, -0.1) is 0 Å². The lowest BCUT2D eigenvalue weighted by Crippen LogP contribution is -2.42. The molecule has 3 nitrogen and oxygen atoms in total. The molecule has 0 saturated heterocycles. The molecule has 0 amide bonds. The number of nitrogens with zero attached hydrogens (tertiary/aromatic N) is 1. The lowest BCUT2D eigenvalue weighted by molar-refractivity contribution is 0.0786. The maximum absolute atomic E-state index is 9.73. The maximum Gasteiger partial charge on any atom is 0.174 e. The molecule has 0 bridgehead atoms. The molecule has 0 fully saturated rings. The first-order valence-corrected chi connectivity index (χ1v) is 6.66. The minimum absolute atomic E-state index is 0.356. The summed E-state index contributed by atoms with van der Waals surface area (Å²) < 4.78 is 5.62. The van der Waals surface area contributed by atoms with Crippen LogP contribution in [0.4, 0.5) is 5.69 Å². The number of fused-ring (bicyclic) bond motifs is 1. The van der Waals surface area contributed by atoms with Crippen LogP contribution in [0.5, 0.6) is 0 Å². The molecular formula is C17H16N2O. The van der Waals surface area contributed by atoms with Crippen molar-refractivity contribution >= 4 is 5.69 Å². The summed E-state index contributed by atoms with van der Waals surface area (Å²) in [6, 6.07) is 18.4. The highest BCUT2D eigenvalue weighted by molar-refractivity contribution is 5.54. The zero-order valence-electron chi connectivity index (χ0n) is 11.4. The van der Waals surface area contributed by atoms with E-state index in [0.29, 0.717) is 13.2 Å². The Morgan fingerprint density at radius 1 is 1.20 bits per heavy atom. The molecule has 100 valence electrons. The fourth-order valence-corrected chi connectivity index (χ4v) is 2.65. The summed E-state index contributed by atoms with van der Waals surface area (Å²) in [4.78, 5) is 0. The van der Waals surface area contributed by atoms with Crippen LogP contribution >= 0.6 is 0 Å². The summed E-state index contributed by atoms with van der Waals surface area (Å²) in [5.41, 5.74) is 3.36. The van der Waals surface area contributed by atoms with Gasteiger partial charge in [-0.2, -0.15) is 5.26 Å². The van der Waals surface area contributed by atoms with Gasteiger partial charge in [0.25, 0.3) is 0 Å². The van der Waals surface area contributed by atoms with E-state index >= 15 is 0 Å². The zero-order chi connectivity index (χ0) is 14.0. The molecule has 20 heavy (non-hydrogen) atoms. The van der Waals surface area contributed by atoms with Gasteiger partial charge in [-0.1, -0.05) is 36.4 Å². The lowest BCUT2D eigenvalue weighted by atomic mass is 9.86. The first-order valence-electron chi connectivity index (χ1n) is 6.66. The summed E-state index contributed by atoms with van der Waals surface area (Å²) in [5.74, 6) is 0. The van der Waals surface area contributed by atoms with Gasteiger partial charge in [-0.3, -0.25) is 0 Å². The van der Waals surface area contributed by atoms with Crippen molar-refractivity contribution in [3.05, 3.63) is 65.2 Å². The topological polar surface area (TPSA) is 45.0 Å². The molecule has 3 rings (SSSR count). The van der Waals surface area contributed by atoms with E-state index in [-0.39, 0.29) is 0 Å². The largest absolute Gasteiger partial charge is 0.373 e. The van der Waals surface area contributed by atoms with Crippen LogP contribution in [-0.2, 0) is 16.9 Å². The summed E-state index contributed by atoms with van der Waals surface area (Å²) in [6.07, 6.45) is 0. The molecule has 3 heteroatoms. The summed E-state index contributed by atoms with van der Waals surface area (Å²) in [7, 11) is 0. The number of hydrogen-bond acceptors (Lipinski definition) is 3. The fourth-order valence-electron chi connectivity index (χ4n) is 2.65. The number of aryl methyl sites for hydroxylation is 1. The molecule has 1 N–H and O–H groups in total. The number of rotatable bonds is 2. The quantitative estimate of drug-likeness (QED) is 0.904. The van der Waals surface area contributed by atoms with Crippen molar-refractivity contribution in [3.8, 4) is 6.07 Å². The van der Waals surface area contributed by atoms with Gasteiger partial charge in [0.05, 0.1) is 19.3 Å². The minimum Gasteiger partial charge on any atom is -0.373 e. The van der Waals surface area contributed by atoms with E-state index in [0.717, 1.165) is 22.4 Å². The molecule has 1 atom stereocenters. The first-order chi connectivity index (χ1) is 9.73. The zero-order valence-corrected chi connectivity index (χ0v) is 11.4. The fraction of sp³-hybridized carbons (Fsp3) is 0.235. The number of ether oxygens (including phenoxy) is 1. The molecular weight excluding hydrogens is 248 g/mol. The predicted molar refractivity (Wildman–Crippen MR) is 78.2 cm³/mol. The SMILES string of the molecule is Cc1cccc(NC2(C#N)COCc3ccccc32)c1. The Balaban J connectivity index is 2.03. The van der Waals surface area contributed by atoms with Crippen LogP contribution < -0.4 is 5.32 Å². The van der Waals surface area contributed by atoms with Gasteiger partial charge in [-0.05, 0) is 35.7 Å². The van der Waals surface area contributed by atoms with E-state index in [9.17, 15) is 5.26 Å². The van der Waals surface area contributed by atoms with E-state index < -0.39 is 5.54 Å². The predicted octanol–water partition coefficient (Wildman–Crippen LogP) is 3.36. The Morgan fingerprint density at radius 2 is 2.05 bits per heavy atom. The van der Waals surface area contributed by atoms with Gasteiger partial charge in [-0.25, -0.2) is 0 Å². The Hall–Kier alpha value is -2.31. The molecule has 1 aliphatic heterocycles. The van der Waals surface area contributed by atoms with Crippen molar-refractivity contribution in [2.45, 2.75) is 19.1 Å².